The smallest absolute Gasteiger partial charge is 0.228 e. The van der Waals surface area contributed by atoms with Crippen molar-refractivity contribution in [3.8, 4) is 5.75 Å². The Morgan fingerprint density at radius 2 is 2.20 bits per heavy atom. The summed E-state index contributed by atoms with van der Waals surface area (Å²) < 4.78 is 5.59. The van der Waals surface area contributed by atoms with Crippen LogP contribution < -0.4 is 10.1 Å². The molecule has 1 N–H and O–H groups in total. The Morgan fingerprint density at radius 1 is 1.45 bits per heavy atom. The Morgan fingerprint density at radius 3 is 2.90 bits per heavy atom. The number of carbonyl (C=O) groups excluding carboxylic acids is 1. The van der Waals surface area contributed by atoms with Gasteiger partial charge in [0, 0.05) is 17.5 Å². The van der Waals surface area contributed by atoms with Crippen LogP contribution >= 0.6 is 11.6 Å². The molecule has 3 nitrogen and oxygen atoms in total. The Hall–Kier alpha value is -1.22. The maximum absolute atomic E-state index is 12.5. The summed E-state index contributed by atoms with van der Waals surface area (Å²) >= 11 is 5.96. The van der Waals surface area contributed by atoms with Crippen LogP contribution in [0.1, 0.15) is 38.2 Å². The van der Waals surface area contributed by atoms with Crippen LogP contribution in [0.4, 0.5) is 0 Å². The normalized spacial score (nSPS) is 19.1. The topological polar surface area (TPSA) is 38.3 Å². The van der Waals surface area contributed by atoms with Crippen molar-refractivity contribution in [2.45, 2.75) is 38.6 Å². The highest BCUT2D eigenvalue weighted by Gasteiger charge is 2.28. The van der Waals surface area contributed by atoms with Crippen molar-refractivity contribution in [2.24, 2.45) is 5.92 Å². The molecule has 0 fully saturated rings. The number of amides is 1. The summed E-state index contributed by atoms with van der Waals surface area (Å²) in [6.07, 6.45) is 1.62. The molecular formula is C16H22ClNO2. The highest BCUT2D eigenvalue weighted by Crippen LogP contribution is 2.33. The van der Waals surface area contributed by atoms with E-state index < -0.39 is 0 Å². The van der Waals surface area contributed by atoms with Gasteiger partial charge >= 0.3 is 0 Å². The van der Waals surface area contributed by atoms with Gasteiger partial charge in [-0.3, -0.25) is 4.79 Å². The van der Waals surface area contributed by atoms with E-state index in [2.05, 4.69) is 19.2 Å². The summed E-state index contributed by atoms with van der Waals surface area (Å²) in [6.45, 7) is 4.86. The Balaban J connectivity index is 2.06. The molecule has 1 aromatic rings. The number of fused-ring (bicyclic) bond motifs is 1. The fourth-order valence-electron chi connectivity index (χ4n) is 2.65. The van der Waals surface area contributed by atoms with Crippen molar-refractivity contribution in [3.05, 3.63) is 29.8 Å². The van der Waals surface area contributed by atoms with Crippen LogP contribution in [-0.2, 0) is 4.79 Å². The quantitative estimate of drug-likeness (QED) is 0.846. The van der Waals surface area contributed by atoms with Crippen LogP contribution in [0.15, 0.2) is 24.3 Å². The minimum absolute atomic E-state index is 0.0409. The summed E-state index contributed by atoms with van der Waals surface area (Å²) in [7, 11) is 0. The van der Waals surface area contributed by atoms with E-state index in [1.165, 1.54) is 0 Å². The van der Waals surface area contributed by atoms with Gasteiger partial charge < -0.3 is 10.1 Å². The molecule has 0 aromatic heterocycles. The van der Waals surface area contributed by atoms with Crippen molar-refractivity contribution in [1.82, 2.24) is 5.32 Å². The first kappa shape index (κ1) is 15.2. The molecule has 20 heavy (non-hydrogen) atoms. The Bertz CT molecular complexity index is 462. The van der Waals surface area contributed by atoms with Gasteiger partial charge in [0.05, 0.1) is 12.5 Å². The summed E-state index contributed by atoms with van der Waals surface area (Å²) in [5.74, 6) is 1.73. The van der Waals surface area contributed by atoms with Gasteiger partial charge in [-0.1, -0.05) is 32.0 Å². The average molecular weight is 296 g/mol. The number of rotatable bonds is 5. The van der Waals surface area contributed by atoms with Crippen LogP contribution in [0.25, 0.3) is 0 Å². The van der Waals surface area contributed by atoms with Gasteiger partial charge in [0.1, 0.15) is 5.75 Å². The zero-order valence-corrected chi connectivity index (χ0v) is 12.8. The van der Waals surface area contributed by atoms with Gasteiger partial charge in [-0.2, -0.15) is 0 Å². The first-order valence-corrected chi connectivity index (χ1v) is 7.73. The minimum Gasteiger partial charge on any atom is -0.493 e. The van der Waals surface area contributed by atoms with E-state index in [4.69, 9.17) is 16.3 Å². The van der Waals surface area contributed by atoms with Crippen molar-refractivity contribution in [3.63, 3.8) is 0 Å². The van der Waals surface area contributed by atoms with Crippen LogP contribution in [0.5, 0.6) is 5.75 Å². The van der Waals surface area contributed by atoms with Gasteiger partial charge in [-0.05, 0) is 24.8 Å². The molecule has 4 heteroatoms. The fraction of sp³-hybridized carbons (Fsp3) is 0.562. The van der Waals surface area contributed by atoms with Crippen LogP contribution in [-0.4, -0.2) is 24.4 Å². The third kappa shape index (κ3) is 3.66. The number of ether oxygens (including phenoxy) is 1. The second-order valence-corrected chi connectivity index (χ2v) is 6.03. The minimum atomic E-state index is -0.127. The lowest BCUT2D eigenvalue weighted by Gasteiger charge is -2.27. The van der Waals surface area contributed by atoms with E-state index in [1.807, 2.05) is 24.3 Å². The first-order chi connectivity index (χ1) is 9.61. The van der Waals surface area contributed by atoms with E-state index in [9.17, 15) is 4.79 Å². The SMILES string of the molecule is CC(C)CC(CCl)NC(=O)C1CCOc2ccccc21. The highest BCUT2D eigenvalue weighted by atomic mass is 35.5. The third-order valence-corrected chi connectivity index (χ3v) is 3.94. The molecule has 1 amide bonds. The van der Waals surface area contributed by atoms with Gasteiger partial charge in [0.25, 0.3) is 0 Å². The van der Waals surface area contributed by atoms with E-state index in [-0.39, 0.29) is 17.9 Å². The highest BCUT2D eigenvalue weighted by molar-refractivity contribution is 6.18. The Labute approximate surface area is 125 Å². The van der Waals surface area contributed by atoms with Crippen molar-refractivity contribution in [1.29, 1.82) is 0 Å². The summed E-state index contributed by atoms with van der Waals surface area (Å²) in [5.41, 5.74) is 0.981. The molecule has 110 valence electrons. The molecule has 1 aliphatic rings. The number of alkyl halides is 1. The first-order valence-electron chi connectivity index (χ1n) is 7.20. The number of hydrogen-bond acceptors (Lipinski definition) is 2. The van der Waals surface area contributed by atoms with Crippen LogP contribution in [0, 0.1) is 5.92 Å². The number of hydrogen-bond donors (Lipinski definition) is 1. The largest absolute Gasteiger partial charge is 0.493 e. The van der Waals surface area contributed by atoms with Gasteiger partial charge in [0.2, 0.25) is 5.91 Å². The molecule has 1 aliphatic heterocycles. The lowest BCUT2D eigenvalue weighted by Crippen LogP contribution is -2.41. The lowest BCUT2D eigenvalue weighted by atomic mass is 9.92. The molecular weight excluding hydrogens is 274 g/mol. The summed E-state index contributed by atoms with van der Waals surface area (Å²) in [4.78, 5) is 12.5. The van der Waals surface area contributed by atoms with Gasteiger partial charge in [0.15, 0.2) is 0 Å². The van der Waals surface area contributed by atoms with Crippen LogP contribution in [0.3, 0.4) is 0 Å². The van der Waals surface area contributed by atoms with E-state index in [0.717, 1.165) is 24.2 Å². The number of carbonyl (C=O) groups is 1. The number of halogens is 1. The molecule has 0 saturated carbocycles. The van der Waals surface area contributed by atoms with E-state index in [0.29, 0.717) is 18.4 Å². The third-order valence-electron chi connectivity index (χ3n) is 3.56. The lowest BCUT2D eigenvalue weighted by molar-refractivity contribution is -0.123. The second kappa shape index (κ2) is 6.98. The zero-order chi connectivity index (χ0) is 14.5. The van der Waals surface area contributed by atoms with E-state index in [1.54, 1.807) is 0 Å². The molecule has 2 atom stereocenters. The van der Waals surface area contributed by atoms with Gasteiger partial charge in [-0.25, -0.2) is 0 Å². The maximum atomic E-state index is 12.5. The van der Waals surface area contributed by atoms with Crippen molar-refractivity contribution >= 4 is 17.5 Å². The molecule has 0 aliphatic carbocycles. The monoisotopic (exact) mass is 295 g/mol. The van der Waals surface area contributed by atoms with Crippen LogP contribution in [0.2, 0.25) is 0 Å². The molecule has 1 heterocycles. The van der Waals surface area contributed by atoms with E-state index >= 15 is 0 Å². The predicted octanol–water partition coefficient (Wildman–Crippen LogP) is 3.32. The molecule has 2 unspecified atom stereocenters. The summed E-state index contributed by atoms with van der Waals surface area (Å²) in [6, 6.07) is 7.80. The standard InChI is InChI=1S/C16H22ClNO2/c1-11(2)9-12(10-17)18-16(19)14-7-8-20-15-6-4-3-5-13(14)15/h3-6,11-12,14H,7-10H2,1-2H3,(H,18,19). The molecule has 2 rings (SSSR count). The number of benzene rings is 1. The second-order valence-electron chi connectivity index (χ2n) is 5.72. The number of nitrogens with one attached hydrogen (secondary N) is 1. The van der Waals surface area contributed by atoms with Crippen molar-refractivity contribution < 1.29 is 9.53 Å². The molecule has 1 aromatic carbocycles. The predicted molar refractivity (Wildman–Crippen MR) is 81.4 cm³/mol. The van der Waals surface area contributed by atoms with Gasteiger partial charge in [-0.15, -0.1) is 11.6 Å². The number of para-hydroxylation sites is 1. The molecule has 0 saturated heterocycles. The molecule has 0 radical (unpaired) electrons. The maximum Gasteiger partial charge on any atom is 0.228 e. The van der Waals surface area contributed by atoms with Crippen molar-refractivity contribution in [2.75, 3.05) is 12.5 Å². The molecule has 0 spiro atoms. The average Bonchev–Trinajstić information content (AvgIpc) is 2.45. The Kier molecular flexibility index (Phi) is 5.30. The zero-order valence-electron chi connectivity index (χ0n) is 12.1. The summed E-state index contributed by atoms with van der Waals surface area (Å²) in [5, 5.41) is 3.08. The molecule has 0 bridgehead atoms. The fourth-order valence-corrected chi connectivity index (χ4v) is 2.85.